The lowest BCUT2D eigenvalue weighted by atomic mass is 10.0. The molecule has 5 N–H and O–H groups in total. The zero-order valence-corrected chi connectivity index (χ0v) is 30.5. The van der Waals surface area contributed by atoms with Gasteiger partial charge in [0.05, 0.1) is 25.1 Å². The number of carbonyl (C=O) groups is 4. The lowest BCUT2D eigenvalue weighted by Crippen LogP contribution is -2.58. The number of fused-ring (bicyclic) bond motifs is 1. The lowest BCUT2D eigenvalue weighted by Gasteiger charge is -2.31. The van der Waals surface area contributed by atoms with Gasteiger partial charge in [-0.1, -0.05) is 31.5 Å². The smallest absolute Gasteiger partial charge is 0.259 e. The maximum atomic E-state index is 14.5. The lowest BCUT2D eigenvalue weighted by molar-refractivity contribution is -0.140. The van der Waals surface area contributed by atoms with E-state index in [1.54, 1.807) is 42.5 Å². The number of halogens is 1. The van der Waals surface area contributed by atoms with E-state index in [-0.39, 0.29) is 31.2 Å². The maximum Gasteiger partial charge on any atom is 0.259 e. The molecule has 1 aliphatic heterocycles. The number of likely N-dealkylation sites (tertiary alicyclic amines) is 1. The number of amides is 4. The number of pyridine rings is 1. The number of anilines is 1. The molecule has 5 atom stereocenters. The number of nitrogens with one attached hydrogen (secondary N) is 3. The van der Waals surface area contributed by atoms with E-state index in [1.807, 2.05) is 13.8 Å². The van der Waals surface area contributed by atoms with Gasteiger partial charge in [-0.05, 0) is 67.6 Å². The molecule has 14 nitrogen and oxygen atoms in total. The highest BCUT2D eigenvalue weighted by molar-refractivity contribution is 7.91. The first-order valence-electron chi connectivity index (χ1n) is 16.9. The summed E-state index contributed by atoms with van der Waals surface area (Å²) in [7, 11) is -2.38. The van der Waals surface area contributed by atoms with E-state index in [2.05, 4.69) is 26.9 Å². The predicted molar refractivity (Wildman–Crippen MR) is 194 cm³/mol. The molecular weight excluding hydrogens is 712 g/mol. The Kier molecular flexibility index (Phi) is 10.1. The number of methoxy groups -OCH3 is 1. The molecule has 0 bridgehead atoms. The van der Waals surface area contributed by atoms with Gasteiger partial charge < -0.3 is 30.7 Å². The molecule has 276 valence electrons. The molecule has 6 rings (SSSR count). The van der Waals surface area contributed by atoms with Gasteiger partial charge >= 0.3 is 0 Å². The Hall–Kier alpha value is -4.89. The van der Waals surface area contributed by atoms with E-state index in [0.717, 1.165) is 0 Å². The summed E-state index contributed by atoms with van der Waals surface area (Å²) >= 11 is 6.33. The topological polar surface area (TPSA) is 199 Å². The van der Waals surface area contributed by atoms with Crippen molar-refractivity contribution in [1.29, 1.82) is 0 Å². The Bertz CT molecular complexity index is 2040. The van der Waals surface area contributed by atoms with E-state index >= 15 is 0 Å². The van der Waals surface area contributed by atoms with Crippen molar-refractivity contribution < 1.29 is 37.1 Å². The van der Waals surface area contributed by atoms with Crippen LogP contribution >= 0.6 is 11.6 Å². The Morgan fingerprint density at radius 1 is 1.12 bits per heavy atom. The molecule has 3 fully saturated rings. The molecule has 3 aliphatic rings. The Morgan fingerprint density at radius 3 is 2.42 bits per heavy atom. The number of hydrogen-bond donors (Lipinski definition) is 4. The zero-order chi connectivity index (χ0) is 37.5. The highest BCUT2D eigenvalue weighted by atomic mass is 35.5. The SMILES string of the molecule is C=C[C@@H]1C[C@]1(NC(=O)[C@@H]1C[C@@H](Oc2ncc(OC)c3ccc(Cl)cc23)CN1C(=O)[C@@H](Nc1ccc(C(N)=O)cc1)C(C)C)C(=O)NS(=O)(=O)C1CC1. The number of nitrogens with zero attached hydrogens (tertiary/aromatic N) is 2. The number of rotatable bonds is 14. The number of sulfonamides is 1. The molecule has 0 spiro atoms. The fraction of sp³-hybridized carbons (Fsp3) is 0.417. The summed E-state index contributed by atoms with van der Waals surface area (Å²) in [6.45, 7) is 7.45. The number of nitrogens with two attached hydrogens (primary N) is 1. The summed E-state index contributed by atoms with van der Waals surface area (Å²) in [5, 5.41) is 7.09. The minimum Gasteiger partial charge on any atom is -0.494 e. The molecule has 1 saturated heterocycles. The van der Waals surface area contributed by atoms with Crippen LogP contribution in [-0.4, -0.2) is 84.6 Å². The summed E-state index contributed by atoms with van der Waals surface area (Å²) in [5.41, 5.74) is 4.70. The first-order valence-corrected chi connectivity index (χ1v) is 18.9. The van der Waals surface area contributed by atoms with Crippen molar-refractivity contribution in [3.63, 3.8) is 0 Å². The van der Waals surface area contributed by atoms with Crippen molar-refractivity contribution in [2.24, 2.45) is 17.6 Å². The number of benzene rings is 2. The summed E-state index contributed by atoms with van der Waals surface area (Å²) < 4.78 is 39.4. The monoisotopic (exact) mass is 752 g/mol. The number of primary amides is 1. The highest BCUT2D eigenvalue weighted by Crippen LogP contribution is 2.45. The van der Waals surface area contributed by atoms with Gasteiger partial charge in [-0.25, -0.2) is 13.4 Å². The molecule has 1 aromatic heterocycles. The molecule has 2 aliphatic carbocycles. The molecular formula is C36H41ClN6O8S. The predicted octanol–water partition coefficient (Wildman–Crippen LogP) is 3.15. The maximum absolute atomic E-state index is 14.5. The largest absolute Gasteiger partial charge is 0.494 e. The Labute approximate surface area is 306 Å². The first-order chi connectivity index (χ1) is 24.7. The summed E-state index contributed by atoms with van der Waals surface area (Å²) in [6.07, 6.45) is 3.38. The van der Waals surface area contributed by atoms with Gasteiger partial charge in [-0.3, -0.25) is 23.9 Å². The third-order valence-electron chi connectivity index (χ3n) is 9.80. The van der Waals surface area contributed by atoms with Gasteiger partial charge in [0.2, 0.25) is 33.6 Å². The molecule has 2 aromatic carbocycles. The summed E-state index contributed by atoms with van der Waals surface area (Å²) in [6, 6.07) is 9.60. The average Bonchev–Trinajstić information content (AvgIpc) is 4.04. The number of hydrogen-bond acceptors (Lipinski definition) is 10. The second-order valence-electron chi connectivity index (χ2n) is 13.8. The van der Waals surface area contributed by atoms with E-state index in [4.69, 9.17) is 26.8 Å². The van der Waals surface area contributed by atoms with Crippen LogP contribution in [0.5, 0.6) is 11.6 Å². The number of carbonyl (C=O) groups excluding carboxylic acids is 4. The standard InChI is InChI=1S/C36H41ClN6O8S/c1-5-21-16-36(21,35(47)42-52(48,49)25-11-12-25)41-32(45)28-15-24(51-33-27-14-22(37)8-13-26(27)29(50-4)17-39-33)18-43(28)34(46)30(19(2)3)40-23-9-6-20(7-10-23)31(38)44/h5-10,13-14,17,19,21,24-25,28,30,40H,1,11-12,15-16,18H2,2-4H3,(H2,38,44)(H,41,45)(H,42,47)/t21-,24-,28+,30+,36-/m1/s1. The molecule has 16 heteroatoms. The van der Waals surface area contributed by atoms with Crippen LogP contribution in [0.15, 0.2) is 61.3 Å². The van der Waals surface area contributed by atoms with Crippen molar-refractivity contribution in [2.75, 3.05) is 19.0 Å². The third kappa shape index (κ3) is 7.37. The van der Waals surface area contributed by atoms with Crippen molar-refractivity contribution in [3.05, 3.63) is 71.9 Å². The second kappa shape index (κ2) is 14.3. The Morgan fingerprint density at radius 2 is 1.83 bits per heavy atom. The fourth-order valence-electron chi connectivity index (χ4n) is 6.58. The van der Waals surface area contributed by atoms with E-state index in [1.165, 1.54) is 24.3 Å². The number of aromatic nitrogens is 1. The average molecular weight is 753 g/mol. The molecule has 0 radical (unpaired) electrons. The summed E-state index contributed by atoms with van der Waals surface area (Å²) in [4.78, 5) is 59.6. The van der Waals surface area contributed by atoms with Gasteiger partial charge in [0.1, 0.15) is 29.5 Å². The van der Waals surface area contributed by atoms with Crippen LogP contribution in [0.4, 0.5) is 5.69 Å². The van der Waals surface area contributed by atoms with Crippen LogP contribution < -0.4 is 30.6 Å². The highest BCUT2D eigenvalue weighted by Gasteiger charge is 2.62. The van der Waals surface area contributed by atoms with Crippen LogP contribution in [0.2, 0.25) is 5.02 Å². The Balaban J connectivity index is 1.30. The third-order valence-corrected chi connectivity index (χ3v) is 11.9. The van der Waals surface area contributed by atoms with Gasteiger partial charge in [-0.2, -0.15) is 0 Å². The molecule has 52 heavy (non-hydrogen) atoms. The van der Waals surface area contributed by atoms with Crippen molar-refractivity contribution in [2.45, 2.75) is 68.5 Å². The zero-order valence-electron chi connectivity index (χ0n) is 28.9. The molecule has 4 amide bonds. The van der Waals surface area contributed by atoms with Gasteiger partial charge in [0.25, 0.3) is 5.91 Å². The van der Waals surface area contributed by atoms with E-state index in [0.29, 0.717) is 45.6 Å². The normalized spacial score (nSPS) is 23.1. The second-order valence-corrected chi connectivity index (χ2v) is 16.2. The van der Waals surface area contributed by atoms with Crippen molar-refractivity contribution in [3.8, 4) is 11.6 Å². The quantitative estimate of drug-likeness (QED) is 0.178. The van der Waals surface area contributed by atoms with Crippen LogP contribution in [0.1, 0.15) is 49.9 Å². The van der Waals surface area contributed by atoms with Gasteiger partial charge in [0, 0.05) is 39.4 Å². The molecule has 2 saturated carbocycles. The van der Waals surface area contributed by atoms with Crippen molar-refractivity contribution >= 4 is 61.7 Å². The minimum atomic E-state index is -3.90. The molecule has 2 heterocycles. The van der Waals surface area contributed by atoms with E-state index in [9.17, 15) is 27.6 Å². The van der Waals surface area contributed by atoms with Gasteiger partial charge in [0.15, 0.2) is 0 Å². The molecule has 0 unspecified atom stereocenters. The number of ether oxygens (including phenoxy) is 2. The first kappa shape index (κ1) is 36.9. The van der Waals surface area contributed by atoms with Crippen LogP contribution in [0.3, 0.4) is 0 Å². The van der Waals surface area contributed by atoms with E-state index < -0.39 is 68.5 Å². The van der Waals surface area contributed by atoms with Crippen LogP contribution in [0.25, 0.3) is 10.8 Å². The molecule has 3 aromatic rings. The van der Waals surface area contributed by atoms with Gasteiger partial charge in [-0.15, -0.1) is 6.58 Å². The fourth-order valence-corrected chi connectivity index (χ4v) is 8.11. The summed E-state index contributed by atoms with van der Waals surface area (Å²) in [5.74, 6) is -2.55. The minimum absolute atomic E-state index is 0.0155. The van der Waals surface area contributed by atoms with Crippen LogP contribution in [-0.2, 0) is 24.4 Å². The van der Waals surface area contributed by atoms with Crippen molar-refractivity contribution in [1.82, 2.24) is 19.9 Å². The van der Waals surface area contributed by atoms with Crippen LogP contribution in [0, 0.1) is 11.8 Å².